The summed E-state index contributed by atoms with van der Waals surface area (Å²) in [5.41, 5.74) is 0. The molecule has 110 valence electrons. The highest BCUT2D eigenvalue weighted by Gasteiger charge is 2.35. The molecule has 0 radical (unpaired) electrons. The smallest absolute Gasteiger partial charge is 0.312 e. The van der Waals surface area contributed by atoms with Crippen LogP contribution in [-0.4, -0.2) is 34.5 Å². The molecule has 3 nitrogen and oxygen atoms in total. The highest BCUT2D eigenvalue weighted by molar-refractivity contribution is 6.85. The lowest BCUT2D eigenvalue weighted by Crippen LogP contribution is -2.50. The summed E-state index contributed by atoms with van der Waals surface area (Å²) in [5, 5.41) is 0. The summed E-state index contributed by atoms with van der Waals surface area (Å²) in [6, 6.07) is 1.21. The summed E-state index contributed by atoms with van der Waals surface area (Å²) in [6.45, 7) is 19.9. The summed E-state index contributed by atoms with van der Waals surface area (Å²) in [4.78, 5) is 0. The van der Waals surface area contributed by atoms with Gasteiger partial charge >= 0.3 is 8.56 Å². The fourth-order valence-electron chi connectivity index (χ4n) is 2.30. The van der Waals surface area contributed by atoms with Gasteiger partial charge in [-0.3, -0.25) is 0 Å². The molecule has 0 aliphatic carbocycles. The fourth-order valence-corrected chi connectivity index (χ4v) is 17.9. The van der Waals surface area contributed by atoms with Crippen LogP contribution in [0.3, 0.4) is 0 Å². The van der Waals surface area contributed by atoms with E-state index in [0.717, 1.165) is 0 Å². The summed E-state index contributed by atoms with van der Waals surface area (Å²) in [7, 11) is -6.59. The van der Waals surface area contributed by atoms with Gasteiger partial charge in [0, 0.05) is 0 Å². The van der Waals surface area contributed by atoms with Crippen molar-refractivity contribution in [3.05, 3.63) is 0 Å². The lowest BCUT2D eigenvalue weighted by molar-refractivity contribution is 0.350. The molecule has 0 aromatic rings. The standard InChI is InChI=1S/C11H32O3Si4/c1-10-11-17(6,7)12-15(2)13-18(8,9)14-16(3,4)5/h15H,10-11H2,1-9H3. The van der Waals surface area contributed by atoms with E-state index >= 15 is 0 Å². The van der Waals surface area contributed by atoms with Gasteiger partial charge in [-0.05, 0) is 58.4 Å². The van der Waals surface area contributed by atoms with Gasteiger partial charge in [0.25, 0.3) is 9.28 Å². The van der Waals surface area contributed by atoms with E-state index in [1.165, 1.54) is 12.5 Å². The first-order valence-corrected chi connectivity index (χ1v) is 18.4. The second-order valence-corrected chi connectivity index (χ2v) is 21.8. The Balaban J connectivity index is 4.34. The van der Waals surface area contributed by atoms with Gasteiger partial charge in [-0.2, -0.15) is 0 Å². The second-order valence-electron chi connectivity index (χ2n) is 6.93. The van der Waals surface area contributed by atoms with Crippen molar-refractivity contribution in [2.24, 2.45) is 0 Å². The van der Waals surface area contributed by atoms with Crippen LogP contribution in [0.2, 0.25) is 58.4 Å². The van der Waals surface area contributed by atoms with Crippen molar-refractivity contribution in [3.63, 3.8) is 0 Å². The van der Waals surface area contributed by atoms with Crippen molar-refractivity contribution in [2.45, 2.75) is 71.8 Å². The van der Waals surface area contributed by atoms with Crippen LogP contribution < -0.4 is 0 Å². The first-order valence-electron chi connectivity index (χ1n) is 6.93. The Morgan fingerprint density at radius 3 is 1.78 bits per heavy atom. The quantitative estimate of drug-likeness (QED) is 0.631. The predicted molar refractivity (Wildman–Crippen MR) is 89.7 cm³/mol. The Morgan fingerprint density at radius 2 is 1.39 bits per heavy atom. The van der Waals surface area contributed by atoms with Gasteiger partial charge in [-0.15, -0.1) is 0 Å². The number of hydrogen-bond acceptors (Lipinski definition) is 3. The first kappa shape index (κ1) is 18.7. The zero-order valence-corrected chi connectivity index (χ0v) is 17.9. The van der Waals surface area contributed by atoms with Crippen LogP contribution in [-0.2, 0) is 12.3 Å². The van der Waals surface area contributed by atoms with E-state index in [2.05, 4.69) is 59.3 Å². The molecule has 0 amide bonds. The lowest BCUT2D eigenvalue weighted by atomic mass is 10.6. The molecule has 0 N–H and O–H groups in total. The topological polar surface area (TPSA) is 27.7 Å². The van der Waals surface area contributed by atoms with Gasteiger partial charge in [0.2, 0.25) is 0 Å². The van der Waals surface area contributed by atoms with Crippen LogP contribution in [0.15, 0.2) is 0 Å². The normalized spacial score (nSPS) is 15.8. The summed E-state index contributed by atoms with van der Waals surface area (Å²) < 4.78 is 18.6. The average Bonchev–Trinajstić information content (AvgIpc) is 1.93. The maximum absolute atomic E-state index is 6.25. The summed E-state index contributed by atoms with van der Waals surface area (Å²) in [6.07, 6.45) is 1.20. The molecule has 18 heavy (non-hydrogen) atoms. The Hall–Kier alpha value is 0.748. The van der Waals surface area contributed by atoms with E-state index in [1.54, 1.807) is 0 Å². The largest absolute Gasteiger partial charge is 0.439 e. The van der Waals surface area contributed by atoms with Crippen LogP contribution in [0.25, 0.3) is 0 Å². The maximum atomic E-state index is 6.25. The Morgan fingerprint density at radius 1 is 0.889 bits per heavy atom. The molecule has 0 fully saturated rings. The van der Waals surface area contributed by atoms with Gasteiger partial charge < -0.3 is 12.3 Å². The van der Waals surface area contributed by atoms with Crippen molar-refractivity contribution < 1.29 is 12.3 Å². The van der Waals surface area contributed by atoms with Crippen LogP contribution in [0.1, 0.15) is 13.3 Å². The molecule has 7 heteroatoms. The number of hydrogen-bond donors (Lipinski definition) is 0. The zero-order chi connectivity index (χ0) is 14.6. The zero-order valence-electron chi connectivity index (χ0n) is 13.7. The molecule has 0 saturated heterocycles. The van der Waals surface area contributed by atoms with E-state index in [4.69, 9.17) is 12.3 Å². The first-order chi connectivity index (χ1) is 7.87. The van der Waals surface area contributed by atoms with Crippen LogP contribution >= 0.6 is 0 Å². The van der Waals surface area contributed by atoms with Gasteiger partial charge in [0.15, 0.2) is 16.6 Å². The lowest BCUT2D eigenvalue weighted by Gasteiger charge is -2.35. The Bertz CT molecular complexity index is 251. The average molecular weight is 325 g/mol. The molecular weight excluding hydrogens is 292 g/mol. The van der Waals surface area contributed by atoms with E-state index in [0.29, 0.717) is 0 Å². The molecule has 0 aliphatic rings. The van der Waals surface area contributed by atoms with Gasteiger partial charge in [0.05, 0.1) is 0 Å². The van der Waals surface area contributed by atoms with Gasteiger partial charge in [0.1, 0.15) is 0 Å². The molecule has 1 atom stereocenters. The highest BCUT2D eigenvalue weighted by Crippen LogP contribution is 2.20. The predicted octanol–water partition coefficient (Wildman–Crippen LogP) is 4.04. The van der Waals surface area contributed by atoms with Gasteiger partial charge in [-0.25, -0.2) is 0 Å². The minimum absolute atomic E-state index is 1.20. The molecule has 0 saturated carbocycles. The van der Waals surface area contributed by atoms with Crippen molar-refractivity contribution in [1.29, 1.82) is 0 Å². The van der Waals surface area contributed by atoms with Crippen LogP contribution in [0.4, 0.5) is 0 Å². The molecule has 0 aliphatic heterocycles. The van der Waals surface area contributed by atoms with E-state index in [9.17, 15) is 0 Å². The van der Waals surface area contributed by atoms with E-state index in [-0.39, 0.29) is 0 Å². The highest BCUT2D eigenvalue weighted by atomic mass is 28.5. The van der Waals surface area contributed by atoms with E-state index < -0.39 is 34.5 Å². The Labute approximate surface area is 119 Å². The van der Waals surface area contributed by atoms with Crippen LogP contribution in [0, 0.1) is 0 Å². The van der Waals surface area contributed by atoms with Crippen molar-refractivity contribution in [1.82, 2.24) is 0 Å². The van der Waals surface area contributed by atoms with Crippen molar-refractivity contribution >= 4 is 34.5 Å². The third-order valence-electron chi connectivity index (χ3n) is 2.34. The summed E-state index contributed by atoms with van der Waals surface area (Å²) in [5.74, 6) is 0. The third kappa shape index (κ3) is 9.65. The molecule has 0 bridgehead atoms. The van der Waals surface area contributed by atoms with E-state index in [1.807, 2.05) is 0 Å². The number of rotatable bonds is 8. The monoisotopic (exact) mass is 324 g/mol. The van der Waals surface area contributed by atoms with Gasteiger partial charge in [-0.1, -0.05) is 13.3 Å². The third-order valence-corrected chi connectivity index (χ3v) is 15.9. The molecule has 0 aromatic carbocycles. The molecule has 0 spiro atoms. The molecule has 0 rings (SSSR count). The SMILES string of the molecule is CCC[Si](C)(C)O[SiH](C)O[Si](C)(C)O[Si](C)(C)C. The molecule has 0 aromatic heterocycles. The second kappa shape index (κ2) is 6.96. The van der Waals surface area contributed by atoms with Crippen LogP contribution in [0.5, 0.6) is 0 Å². The minimum atomic E-state index is -2.00. The Kier molecular flexibility index (Phi) is 7.25. The molecule has 0 heterocycles. The maximum Gasteiger partial charge on any atom is 0.312 e. The molecular formula is C11H32O3Si4. The summed E-state index contributed by atoms with van der Waals surface area (Å²) >= 11 is 0. The molecule has 1 unspecified atom stereocenters. The minimum Gasteiger partial charge on any atom is -0.439 e. The van der Waals surface area contributed by atoms with Crippen molar-refractivity contribution in [2.75, 3.05) is 0 Å². The van der Waals surface area contributed by atoms with Crippen molar-refractivity contribution in [3.8, 4) is 0 Å². The fraction of sp³-hybridized carbons (Fsp3) is 1.00.